The topological polar surface area (TPSA) is 80.2 Å². The molecule has 31 heavy (non-hydrogen) atoms. The molecular formula is C23H27N3O4S. The van der Waals surface area contributed by atoms with Gasteiger partial charge in [0, 0.05) is 12.2 Å². The van der Waals surface area contributed by atoms with Crippen LogP contribution in [0.5, 0.6) is 5.75 Å². The summed E-state index contributed by atoms with van der Waals surface area (Å²) in [4.78, 5) is 32.2. The Labute approximate surface area is 186 Å². The van der Waals surface area contributed by atoms with Gasteiger partial charge < -0.3 is 19.7 Å². The number of esters is 1. The van der Waals surface area contributed by atoms with Gasteiger partial charge in [-0.2, -0.15) is 0 Å². The molecule has 7 nitrogen and oxygen atoms in total. The Bertz CT molecular complexity index is 981. The SMILES string of the molecule is CCOC(=O)C1=C(C)N=C2SC=C(CC(=O)NCC3CC3)N2C1c1cccc(OC)c1. The molecule has 3 aliphatic rings. The molecule has 1 unspecified atom stereocenters. The Morgan fingerprint density at radius 1 is 1.32 bits per heavy atom. The van der Waals surface area contributed by atoms with E-state index in [0.29, 0.717) is 22.9 Å². The van der Waals surface area contributed by atoms with Crippen LogP contribution in [-0.4, -0.2) is 42.2 Å². The minimum atomic E-state index is -0.445. The lowest BCUT2D eigenvalue weighted by Crippen LogP contribution is -2.38. The highest BCUT2D eigenvalue weighted by atomic mass is 32.2. The van der Waals surface area contributed by atoms with Crippen LogP contribution in [0.3, 0.4) is 0 Å². The van der Waals surface area contributed by atoms with E-state index in [0.717, 1.165) is 23.0 Å². The third kappa shape index (κ3) is 4.63. The van der Waals surface area contributed by atoms with Crippen LogP contribution in [0.1, 0.15) is 44.7 Å². The normalized spacial score (nSPS) is 20.1. The zero-order valence-electron chi connectivity index (χ0n) is 18.0. The molecule has 1 aromatic rings. The second kappa shape index (κ2) is 9.18. The number of nitrogens with zero attached hydrogens (tertiary/aromatic N) is 2. The minimum Gasteiger partial charge on any atom is -0.497 e. The third-order valence-corrected chi connectivity index (χ3v) is 6.42. The molecular weight excluding hydrogens is 414 g/mol. The number of aliphatic imine (C=N–C) groups is 1. The van der Waals surface area contributed by atoms with E-state index < -0.39 is 12.0 Å². The number of benzene rings is 1. The van der Waals surface area contributed by atoms with Crippen molar-refractivity contribution in [2.75, 3.05) is 20.3 Å². The van der Waals surface area contributed by atoms with Crippen LogP contribution in [0.2, 0.25) is 0 Å². The standard InChI is InChI=1S/C23H27N3O4S/c1-4-30-22(28)20-14(2)25-23-26(21(20)16-6-5-7-18(10-16)29-3)17(13-31-23)11-19(27)24-12-15-8-9-15/h5-7,10,13,15,21H,4,8-9,11-12H2,1-3H3,(H,24,27). The van der Waals surface area contributed by atoms with E-state index in [9.17, 15) is 9.59 Å². The number of thioether (sulfide) groups is 1. The van der Waals surface area contributed by atoms with Crippen molar-refractivity contribution < 1.29 is 19.1 Å². The number of fused-ring (bicyclic) bond motifs is 1. The van der Waals surface area contributed by atoms with Gasteiger partial charge in [-0.3, -0.25) is 4.79 Å². The summed E-state index contributed by atoms with van der Waals surface area (Å²) < 4.78 is 10.8. The van der Waals surface area contributed by atoms with E-state index in [1.54, 1.807) is 14.0 Å². The van der Waals surface area contributed by atoms with Crippen molar-refractivity contribution >= 4 is 28.8 Å². The number of ether oxygens (including phenoxy) is 2. The summed E-state index contributed by atoms with van der Waals surface area (Å²) >= 11 is 1.47. The first-order valence-electron chi connectivity index (χ1n) is 10.5. The van der Waals surface area contributed by atoms with Crippen LogP contribution in [0.15, 0.2) is 51.6 Å². The molecule has 8 heteroatoms. The van der Waals surface area contributed by atoms with Gasteiger partial charge in [-0.15, -0.1) is 0 Å². The summed E-state index contributed by atoms with van der Waals surface area (Å²) in [7, 11) is 1.61. The number of hydrogen-bond acceptors (Lipinski definition) is 7. The average molecular weight is 442 g/mol. The summed E-state index contributed by atoms with van der Waals surface area (Å²) in [5, 5.41) is 5.73. The summed E-state index contributed by atoms with van der Waals surface area (Å²) in [6, 6.07) is 7.18. The predicted molar refractivity (Wildman–Crippen MR) is 120 cm³/mol. The number of hydrogen-bond donors (Lipinski definition) is 1. The maximum atomic E-state index is 12.9. The molecule has 1 aromatic carbocycles. The van der Waals surface area contributed by atoms with Crippen molar-refractivity contribution in [3.8, 4) is 5.75 Å². The number of methoxy groups -OCH3 is 1. The van der Waals surface area contributed by atoms with Crippen molar-refractivity contribution in [1.82, 2.24) is 10.2 Å². The van der Waals surface area contributed by atoms with Gasteiger partial charge in [-0.25, -0.2) is 9.79 Å². The second-order valence-corrected chi connectivity index (χ2v) is 8.65. The summed E-state index contributed by atoms with van der Waals surface area (Å²) in [5.41, 5.74) is 2.80. The van der Waals surface area contributed by atoms with Gasteiger partial charge >= 0.3 is 5.97 Å². The maximum Gasteiger partial charge on any atom is 0.338 e. The third-order valence-electron chi connectivity index (χ3n) is 5.53. The summed E-state index contributed by atoms with van der Waals surface area (Å²) in [6.45, 7) is 4.61. The molecule has 164 valence electrons. The predicted octanol–water partition coefficient (Wildman–Crippen LogP) is 3.75. The van der Waals surface area contributed by atoms with Crippen molar-refractivity contribution in [2.24, 2.45) is 10.9 Å². The Balaban J connectivity index is 1.67. The van der Waals surface area contributed by atoms with Gasteiger partial charge in [0.15, 0.2) is 5.17 Å². The first-order chi connectivity index (χ1) is 15.0. The largest absolute Gasteiger partial charge is 0.497 e. The molecule has 1 saturated carbocycles. The van der Waals surface area contributed by atoms with E-state index in [4.69, 9.17) is 9.47 Å². The molecule has 2 heterocycles. The van der Waals surface area contributed by atoms with Crippen LogP contribution in [-0.2, 0) is 14.3 Å². The Morgan fingerprint density at radius 3 is 2.84 bits per heavy atom. The molecule has 0 bridgehead atoms. The lowest BCUT2D eigenvalue weighted by Gasteiger charge is -2.36. The molecule has 0 saturated heterocycles. The lowest BCUT2D eigenvalue weighted by molar-refractivity contribution is -0.139. The number of carbonyl (C=O) groups excluding carboxylic acids is 2. The number of carbonyl (C=O) groups is 2. The molecule has 4 rings (SSSR count). The van der Waals surface area contributed by atoms with Crippen molar-refractivity contribution in [3.05, 3.63) is 52.2 Å². The van der Waals surface area contributed by atoms with Crippen LogP contribution >= 0.6 is 11.8 Å². The van der Waals surface area contributed by atoms with E-state index in [1.165, 1.54) is 24.6 Å². The van der Waals surface area contributed by atoms with Gasteiger partial charge in [0.05, 0.1) is 37.4 Å². The van der Waals surface area contributed by atoms with Crippen molar-refractivity contribution in [3.63, 3.8) is 0 Å². The fourth-order valence-electron chi connectivity index (χ4n) is 3.77. The quantitative estimate of drug-likeness (QED) is 0.619. The van der Waals surface area contributed by atoms with E-state index in [2.05, 4.69) is 10.3 Å². The summed E-state index contributed by atoms with van der Waals surface area (Å²) in [5.74, 6) is 0.897. The minimum absolute atomic E-state index is 0.0200. The number of amides is 1. The highest BCUT2D eigenvalue weighted by molar-refractivity contribution is 8.16. The van der Waals surface area contributed by atoms with Gasteiger partial charge in [-0.05, 0) is 55.7 Å². The highest BCUT2D eigenvalue weighted by Gasteiger charge is 2.41. The molecule has 0 spiro atoms. The lowest BCUT2D eigenvalue weighted by atomic mass is 9.93. The zero-order chi connectivity index (χ0) is 22.0. The fraction of sp³-hybridized carbons (Fsp3) is 0.435. The molecule has 1 atom stereocenters. The molecule has 1 fully saturated rings. The van der Waals surface area contributed by atoms with E-state index >= 15 is 0 Å². The van der Waals surface area contributed by atoms with Gasteiger partial charge in [0.1, 0.15) is 5.75 Å². The first kappa shape index (κ1) is 21.5. The number of rotatable bonds is 8. The van der Waals surface area contributed by atoms with Crippen molar-refractivity contribution in [2.45, 2.75) is 39.2 Å². The van der Waals surface area contributed by atoms with E-state index in [1.807, 2.05) is 41.5 Å². The zero-order valence-corrected chi connectivity index (χ0v) is 18.8. The van der Waals surface area contributed by atoms with Crippen LogP contribution < -0.4 is 10.1 Å². The highest BCUT2D eigenvalue weighted by Crippen LogP contribution is 2.45. The molecule has 2 aliphatic heterocycles. The van der Waals surface area contributed by atoms with Crippen LogP contribution in [0, 0.1) is 5.92 Å². The van der Waals surface area contributed by atoms with Gasteiger partial charge in [0.25, 0.3) is 0 Å². The number of amidine groups is 1. The smallest absolute Gasteiger partial charge is 0.338 e. The molecule has 1 aliphatic carbocycles. The maximum absolute atomic E-state index is 12.9. The first-order valence-corrected chi connectivity index (χ1v) is 11.4. The molecule has 0 radical (unpaired) electrons. The number of allylic oxidation sites excluding steroid dienone is 1. The van der Waals surface area contributed by atoms with Crippen LogP contribution in [0.25, 0.3) is 0 Å². The Hall–Kier alpha value is -2.74. The Kier molecular flexibility index (Phi) is 6.36. The fourth-order valence-corrected chi connectivity index (χ4v) is 4.74. The summed E-state index contributed by atoms with van der Waals surface area (Å²) in [6.07, 6.45) is 2.60. The molecule has 0 aromatic heterocycles. The second-order valence-electron chi connectivity index (χ2n) is 7.81. The van der Waals surface area contributed by atoms with E-state index in [-0.39, 0.29) is 18.9 Å². The van der Waals surface area contributed by atoms with Gasteiger partial charge in [-0.1, -0.05) is 23.9 Å². The average Bonchev–Trinajstić information content (AvgIpc) is 3.52. The van der Waals surface area contributed by atoms with Crippen LogP contribution in [0.4, 0.5) is 0 Å². The molecule has 1 amide bonds. The Morgan fingerprint density at radius 2 is 2.13 bits per heavy atom. The number of nitrogens with one attached hydrogen (secondary N) is 1. The monoisotopic (exact) mass is 441 g/mol. The molecule has 1 N–H and O–H groups in total. The van der Waals surface area contributed by atoms with Crippen molar-refractivity contribution in [1.29, 1.82) is 0 Å². The van der Waals surface area contributed by atoms with Gasteiger partial charge in [0.2, 0.25) is 5.91 Å².